The van der Waals surface area contributed by atoms with E-state index in [0.717, 1.165) is 11.4 Å². The van der Waals surface area contributed by atoms with Gasteiger partial charge in [-0.2, -0.15) is 5.10 Å². The number of rotatable bonds is 6. The van der Waals surface area contributed by atoms with Gasteiger partial charge < -0.3 is 5.32 Å². The Hall–Kier alpha value is -0.900. The Bertz CT molecular complexity index is 693. The zero-order valence-corrected chi connectivity index (χ0v) is 14.3. The number of hydrogen-bond donors (Lipinski definition) is 2. The zero-order chi connectivity index (χ0) is 14.8. The van der Waals surface area contributed by atoms with E-state index >= 15 is 0 Å². The van der Waals surface area contributed by atoms with E-state index in [1.807, 2.05) is 6.92 Å². The van der Waals surface area contributed by atoms with Crippen molar-refractivity contribution in [1.29, 1.82) is 0 Å². The summed E-state index contributed by atoms with van der Waals surface area (Å²) in [4.78, 5) is 1.20. The van der Waals surface area contributed by atoms with Crippen LogP contribution in [0.25, 0.3) is 0 Å². The topological polar surface area (TPSA) is 76.0 Å². The number of anilines is 1. The van der Waals surface area contributed by atoms with Crippen LogP contribution in [0.1, 0.15) is 11.8 Å². The van der Waals surface area contributed by atoms with Crippen molar-refractivity contribution in [3.63, 3.8) is 0 Å². The first-order chi connectivity index (χ1) is 9.42. The molecule has 110 valence electrons. The minimum Gasteiger partial charge on any atom is -0.312 e. The molecule has 6 nitrogen and oxygen atoms in total. The highest BCUT2D eigenvalue weighted by atomic mass is 79.9. The number of hydrogen-bond acceptors (Lipinski definition) is 5. The standard InChI is InChI=1S/C11H15BrN4O2S2/c1-3-13-7-8-6-9(11(12)19-8)20(17,18)15-10-4-5-16(2)14-10/h4-6,13H,3,7H2,1-2H3,(H,14,15). The van der Waals surface area contributed by atoms with Gasteiger partial charge in [-0.05, 0) is 28.5 Å². The molecule has 0 saturated carbocycles. The Morgan fingerprint density at radius 3 is 2.85 bits per heavy atom. The lowest BCUT2D eigenvalue weighted by Gasteiger charge is -2.03. The molecule has 2 heterocycles. The Morgan fingerprint density at radius 2 is 2.25 bits per heavy atom. The van der Waals surface area contributed by atoms with E-state index in [0.29, 0.717) is 16.1 Å². The Balaban J connectivity index is 2.22. The summed E-state index contributed by atoms with van der Waals surface area (Å²) in [6.45, 7) is 3.49. The first-order valence-corrected chi connectivity index (χ1v) is 9.03. The van der Waals surface area contributed by atoms with Crippen LogP contribution in [-0.2, 0) is 23.6 Å². The second-order valence-electron chi connectivity index (χ2n) is 4.11. The third kappa shape index (κ3) is 3.60. The number of nitrogens with zero attached hydrogens (tertiary/aromatic N) is 2. The number of aryl methyl sites for hydroxylation is 1. The van der Waals surface area contributed by atoms with E-state index in [1.165, 1.54) is 16.0 Å². The lowest BCUT2D eigenvalue weighted by molar-refractivity contribution is 0.600. The summed E-state index contributed by atoms with van der Waals surface area (Å²) >= 11 is 4.72. The minimum atomic E-state index is -3.62. The molecule has 20 heavy (non-hydrogen) atoms. The molecule has 0 aliphatic heterocycles. The summed E-state index contributed by atoms with van der Waals surface area (Å²) in [5, 5.41) is 7.18. The first kappa shape index (κ1) is 15.5. The molecule has 0 amide bonds. The number of sulfonamides is 1. The van der Waals surface area contributed by atoms with Gasteiger partial charge in [0.05, 0.1) is 3.79 Å². The summed E-state index contributed by atoms with van der Waals surface area (Å²) < 4.78 is 29.2. The number of nitrogens with one attached hydrogen (secondary N) is 2. The zero-order valence-electron chi connectivity index (χ0n) is 11.1. The van der Waals surface area contributed by atoms with Gasteiger partial charge in [-0.1, -0.05) is 6.92 Å². The highest BCUT2D eigenvalue weighted by Crippen LogP contribution is 2.32. The van der Waals surface area contributed by atoms with Gasteiger partial charge in [0.25, 0.3) is 10.0 Å². The van der Waals surface area contributed by atoms with E-state index in [4.69, 9.17) is 0 Å². The molecule has 0 spiro atoms. The number of thiophene rings is 1. The van der Waals surface area contributed by atoms with E-state index in [9.17, 15) is 8.42 Å². The molecule has 0 aromatic carbocycles. The third-order valence-electron chi connectivity index (χ3n) is 2.50. The molecule has 2 aromatic heterocycles. The van der Waals surface area contributed by atoms with Crippen LogP contribution in [0.5, 0.6) is 0 Å². The van der Waals surface area contributed by atoms with Crippen LogP contribution < -0.4 is 10.0 Å². The van der Waals surface area contributed by atoms with Crippen LogP contribution >= 0.6 is 27.3 Å². The molecule has 0 bridgehead atoms. The Labute approximate surface area is 130 Å². The summed E-state index contributed by atoms with van der Waals surface area (Å²) in [7, 11) is -1.90. The van der Waals surface area contributed by atoms with Gasteiger partial charge in [-0.15, -0.1) is 11.3 Å². The fourth-order valence-electron chi connectivity index (χ4n) is 1.58. The largest absolute Gasteiger partial charge is 0.312 e. The van der Waals surface area contributed by atoms with Gasteiger partial charge >= 0.3 is 0 Å². The molecule has 0 aliphatic rings. The predicted octanol–water partition coefficient (Wildman–Crippen LogP) is 2.15. The van der Waals surface area contributed by atoms with Crippen LogP contribution in [-0.4, -0.2) is 24.7 Å². The van der Waals surface area contributed by atoms with E-state index in [-0.39, 0.29) is 4.90 Å². The maximum Gasteiger partial charge on any atom is 0.265 e. The van der Waals surface area contributed by atoms with Crippen molar-refractivity contribution in [2.45, 2.75) is 18.4 Å². The van der Waals surface area contributed by atoms with Crippen molar-refractivity contribution in [2.24, 2.45) is 7.05 Å². The van der Waals surface area contributed by atoms with Gasteiger partial charge in [0.1, 0.15) is 4.90 Å². The SMILES string of the molecule is CCNCc1cc(S(=O)(=O)Nc2ccn(C)n2)c(Br)s1. The smallest absolute Gasteiger partial charge is 0.265 e. The third-order valence-corrected chi connectivity index (χ3v) is 6.10. The number of halogens is 1. The average Bonchev–Trinajstić information content (AvgIpc) is 2.93. The molecule has 0 saturated heterocycles. The van der Waals surface area contributed by atoms with Crippen molar-refractivity contribution >= 4 is 43.1 Å². The molecule has 0 unspecified atom stereocenters. The lowest BCUT2D eigenvalue weighted by Crippen LogP contribution is -2.13. The van der Waals surface area contributed by atoms with Gasteiger partial charge in [0.2, 0.25) is 0 Å². The number of aromatic nitrogens is 2. The Kier molecular flexibility index (Phi) is 4.84. The van der Waals surface area contributed by atoms with Crippen molar-refractivity contribution in [2.75, 3.05) is 11.3 Å². The average molecular weight is 379 g/mol. The van der Waals surface area contributed by atoms with Crippen LogP contribution in [0.4, 0.5) is 5.82 Å². The van der Waals surface area contributed by atoms with Crippen molar-refractivity contribution < 1.29 is 8.42 Å². The molecular weight excluding hydrogens is 364 g/mol. The normalized spacial score (nSPS) is 11.8. The van der Waals surface area contributed by atoms with E-state index < -0.39 is 10.0 Å². The first-order valence-electron chi connectivity index (χ1n) is 5.93. The second-order valence-corrected chi connectivity index (χ2v) is 8.22. The predicted molar refractivity (Wildman–Crippen MR) is 83.4 cm³/mol. The minimum absolute atomic E-state index is 0.237. The lowest BCUT2D eigenvalue weighted by atomic mass is 10.4. The molecule has 2 rings (SSSR count). The van der Waals surface area contributed by atoms with Gasteiger partial charge in [0, 0.05) is 30.7 Å². The molecule has 0 fully saturated rings. The van der Waals surface area contributed by atoms with Gasteiger partial charge in [0.15, 0.2) is 5.82 Å². The summed E-state index contributed by atoms with van der Waals surface area (Å²) in [6, 6.07) is 3.28. The molecule has 0 atom stereocenters. The molecule has 0 aliphatic carbocycles. The van der Waals surface area contributed by atoms with Crippen molar-refractivity contribution in [3.05, 3.63) is 27.0 Å². The quantitative estimate of drug-likeness (QED) is 0.807. The van der Waals surface area contributed by atoms with Crippen LogP contribution in [0.3, 0.4) is 0 Å². The van der Waals surface area contributed by atoms with Crippen LogP contribution in [0.15, 0.2) is 27.0 Å². The van der Waals surface area contributed by atoms with E-state index in [2.05, 4.69) is 31.1 Å². The van der Waals surface area contributed by atoms with Crippen LogP contribution in [0.2, 0.25) is 0 Å². The van der Waals surface area contributed by atoms with E-state index in [1.54, 1.807) is 25.4 Å². The molecule has 2 N–H and O–H groups in total. The summed E-state index contributed by atoms with van der Waals surface area (Å²) in [6.07, 6.45) is 1.68. The highest BCUT2D eigenvalue weighted by molar-refractivity contribution is 9.11. The monoisotopic (exact) mass is 378 g/mol. The fraction of sp³-hybridized carbons (Fsp3) is 0.364. The highest BCUT2D eigenvalue weighted by Gasteiger charge is 2.21. The molecule has 2 aromatic rings. The maximum atomic E-state index is 12.3. The molecule has 0 radical (unpaired) electrons. The van der Waals surface area contributed by atoms with Gasteiger partial charge in [-0.25, -0.2) is 8.42 Å². The van der Waals surface area contributed by atoms with Crippen LogP contribution in [0, 0.1) is 0 Å². The summed E-state index contributed by atoms with van der Waals surface area (Å²) in [5.41, 5.74) is 0. The van der Waals surface area contributed by atoms with Crippen molar-refractivity contribution in [3.8, 4) is 0 Å². The second kappa shape index (κ2) is 6.25. The Morgan fingerprint density at radius 1 is 1.50 bits per heavy atom. The maximum absolute atomic E-state index is 12.3. The van der Waals surface area contributed by atoms with Crippen molar-refractivity contribution in [1.82, 2.24) is 15.1 Å². The van der Waals surface area contributed by atoms with Gasteiger partial charge in [-0.3, -0.25) is 9.40 Å². The fourth-order valence-corrected chi connectivity index (χ4v) is 5.23. The molecule has 9 heteroatoms. The summed E-state index contributed by atoms with van der Waals surface area (Å²) in [5.74, 6) is 0.304. The molecular formula is C11H15BrN4O2S2.